The zero-order valence-electron chi connectivity index (χ0n) is 5.39. The average Bonchev–Trinajstić information content (AvgIpc) is 1.65. The van der Waals surface area contributed by atoms with E-state index in [-0.39, 0.29) is 0 Å². The molecule has 0 saturated carbocycles. The van der Waals surface area contributed by atoms with E-state index in [9.17, 15) is 0 Å². The van der Waals surface area contributed by atoms with Crippen molar-refractivity contribution in [3.63, 3.8) is 0 Å². The molecule has 0 aliphatic carbocycles. The van der Waals surface area contributed by atoms with Gasteiger partial charge in [0, 0.05) is 0 Å². The van der Waals surface area contributed by atoms with Crippen LogP contribution in [0.4, 0.5) is 0 Å². The second kappa shape index (κ2) is 3.61. The van der Waals surface area contributed by atoms with E-state index in [0.717, 1.165) is 5.57 Å². The minimum Gasteiger partial charge on any atom is -0.487 e. The molecule has 8 heavy (non-hydrogen) atoms. The summed E-state index contributed by atoms with van der Waals surface area (Å²) in [4.78, 5) is 0. The van der Waals surface area contributed by atoms with Crippen molar-refractivity contribution in [3.05, 3.63) is 11.6 Å². The summed E-state index contributed by atoms with van der Waals surface area (Å²) >= 11 is 4.73. The highest BCUT2D eigenvalue weighted by atomic mass is 32.1. The fraction of sp³-hybridized carbons (Fsp3) is 0.500. The summed E-state index contributed by atoms with van der Waals surface area (Å²) in [5.41, 5.74) is 1.16. The minimum atomic E-state index is 0.546. The van der Waals surface area contributed by atoms with Gasteiger partial charge in [-0.2, -0.15) is 0 Å². The predicted molar refractivity (Wildman–Crippen MR) is 39.0 cm³/mol. The van der Waals surface area contributed by atoms with Gasteiger partial charge >= 0.3 is 0 Å². The molecule has 0 rings (SSSR count). The molecule has 0 aliphatic heterocycles. The van der Waals surface area contributed by atoms with Crippen LogP contribution in [-0.2, 0) is 4.74 Å². The van der Waals surface area contributed by atoms with Crippen LogP contribution in [0.1, 0.15) is 13.8 Å². The van der Waals surface area contributed by atoms with Crippen molar-refractivity contribution >= 4 is 17.3 Å². The summed E-state index contributed by atoms with van der Waals surface area (Å²) in [5.74, 6) is 0. The molecule has 0 aromatic heterocycles. The number of allylic oxidation sites excluding steroid dienone is 1. The van der Waals surface area contributed by atoms with Crippen LogP contribution in [0.5, 0.6) is 0 Å². The van der Waals surface area contributed by atoms with E-state index in [4.69, 9.17) is 17.0 Å². The van der Waals surface area contributed by atoms with Crippen LogP contribution >= 0.6 is 12.2 Å². The average molecular weight is 130 g/mol. The molecule has 0 fully saturated rings. The van der Waals surface area contributed by atoms with Crippen LogP contribution in [0.3, 0.4) is 0 Å². The molecule has 0 N–H and O–H groups in total. The number of methoxy groups -OCH3 is 1. The minimum absolute atomic E-state index is 0.546. The second-order valence-corrected chi connectivity index (χ2v) is 2.15. The van der Waals surface area contributed by atoms with Crippen LogP contribution in [0, 0.1) is 0 Å². The van der Waals surface area contributed by atoms with Crippen molar-refractivity contribution in [1.29, 1.82) is 0 Å². The van der Waals surface area contributed by atoms with Crippen LogP contribution < -0.4 is 0 Å². The van der Waals surface area contributed by atoms with Crippen LogP contribution in [0.25, 0.3) is 0 Å². The van der Waals surface area contributed by atoms with Gasteiger partial charge in [0.1, 0.15) is 0 Å². The lowest BCUT2D eigenvalue weighted by atomic mass is 10.3. The fourth-order valence-corrected chi connectivity index (χ4v) is 0.530. The molecule has 0 atom stereocenters. The van der Waals surface area contributed by atoms with E-state index in [1.165, 1.54) is 0 Å². The van der Waals surface area contributed by atoms with Gasteiger partial charge in [0.15, 0.2) is 5.05 Å². The summed E-state index contributed by atoms with van der Waals surface area (Å²) in [7, 11) is 1.57. The predicted octanol–water partition coefficient (Wildman–Crippen LogP) is 1.93. The number of hydrogen-bond acceptors (Lipinski definition) is 2. The Bertz CT molecular complexity index is 112. The molecule has 0 saturated heterocycles. The molecule has 0 amide bonds. The van der Waals surface area contributed by atoms with Crippen LogP contribution in [0.15, 0.2) is 11.6 Å². The molecule has 0 heterocycles. The molecule has 0 aromatic carbocycles. The first-order valence-corrected chi connectivity index (χ1v) is 2.80. The van der Waals surface area contributed by atoms with Gasteiger partial charge in [-0.3, -0.25) is 0 Å². The summed E-state index contributed by atoms with van der Waals surface area (Å²) < 4.78 is 4.72. The molecule has 46 valence electrons. The summed E-state index contributed by atoms with van der Waals surface area (Å²) in [6, 6.07) is 0. The summed E-state index contributed by atoms with van der Waals surface area (Å²) in [6.45, 7) is 3.96. The van der Waals surface area contributed by atoms with Gasteiger partial charge in [0.25, 0.3) is 0 Å². The molecule has 0 bridgehead atoms. The van der Waals surface area contributed by atoms with E-state index in [1.54, 1.807) is 7.11 Å². The molecule has 0 aliphatic rings. The number of ether oxygens (including phenoxy) is 1. The standard InChI is InChI=1S/C6H10OS/c1-5(2)4-6(8)7-3/h4H,1-3H3. The maximum Gasteiger partial charge on any atom is 0.183 e. The van der Waals surface area contributed by atoms with Crippen molar-refractivity contribution in [2.75, 3.05) is 7.11 Å². The Morgan fingerprint density at radius 1 is 1.50 bits per heavy atom. The van der Waals surface area contributed by atoms with Gasteiger partial charge in [0.05, 0.1) is 7.11 Å². The summed E-state index contributed by atoms with van der Waals surface area (Å²) in [5, 5.41) is 0.546. The Morgan fingerprint density at radius 3 is 2.12 bits per heavy atom. The van der Waals surface area contributed by atoms with Gasteiger partial charge in [-0.1, -0.05) is 5.57 Å². The quantitative estimate of drug-likeness (QED) is 0.396. The highest BCUT2D eigenvalue weighted by molar-refractivity contribution is 7.80. The second-order valence-electron chi connectivity index (χ2n) is 1.74. The van der Waals surface area contributed by atoms with E-state index >= 15 is 0 Å². The lowest BCUT2D eigenvalue weighted by Crippen LogP contribution is -1.90. The Hall–Kier alpha value is -0.370. The highest BCUT2D eigenvalue weighted by Crippen LogP contribution is 1.90. The van der Waals surface area contributed by atoms with Crippen LogP contribution in [0.2, 0.25) is 0 Å². The number of thiocarbonyl (C=S) groups is 1. The number of rotatable bonds is 1. The highest BCUT2D eigenvalue weighted by Gasteiger charge is 1.83. The fourth-order valence-electron chi connectivity index (χ4n) is 0.295. The van der Waals surface area contributed by atoms with Crippen molar-refractivity contribution in [1.82, 2.24) is 0 Å². The first-order chi connectivity index (χ1) is 3.66. The monoisotopic (exact) mass is 130 g/mol. The summed E-state index contributed by atoms with van der Waals surface area (Å²) in [6.07, 6.45) is 1.81. The largest absolute Gasteiger partial charge is 0.487 e. The van der Waals surface area contributed by atoms with E-state index in [1.807, 2.05) is 19.9 Å². The van der Waals surface area contributed by atoms with Crippen molar-refractivity contribution in [3.8, 4) is 0 Å². The third-order valence-electron chi connectivity index (χ3n) is 0.608. The van der Waals surface area contributed by atoms with E-state index < -0.39 is 0 Å². The smallest absolute Gasteiger partial charge is 0.183 e. The molecular weight excluding hydrogens is 120 g/mol. The van der Waals surface area contributed by atoms with Gasteiger partial charge in [-0.15, -0.1) is 0 Å². The Labute approximate surface area is 55.3 Å². The molecular formula is C6H10OS. The molecule has 0 unspecified atom stereocenters. The number of hydrogen-bond donors (Lipinski definition) is 0. The third-order valence-corrected chi connectivity index (χ3v) is 0.892. The van der Waals surface area contributed by atoms with Gasteiger partial charge in [-0.25, -0.2) is 0 Å². The molecule has 2 heteroatoms. The maximum atomic E-state index is 4.73. The van der Waals surface area contributed by atoms with Crippen molar-refractivity contribution in [2.24, 2.45) is 0 Å². The van der Waals surface area contributed by atoms with E-state index in [0.29, 0.717) is 5.05 Å². The first kappa shape index (κ1) is 7.63. The lowest BCUT2D eigenvalue weighted by Gasteiger charge is -1.92. The van der Waals surface area contributed by atoms with Crippen molar-refractivity contribution in [2.45, 2.75) is 13.8 Å². The Kier molecular flexibility index (Phi) is 3.44. The van der Waals surface area contributed by atoms with Gasteiger partial charge in [-0.05, 0) is 32.1 Å². The molecule has 1 nitrogen and oxygen atoms in total. The van der Waals surface area contributed by atoms with Crippen molar-refractivity contribution < 1.29 is 4.74 Å². The molecule has 0 spiro atoms. The first-order valence-electron chi connectivity index (χ1n) is 2.39. The topological polar surface area (TPSA) is 9.23 Å². The van der Waals surface area contributed by atoms with Gasteiger partial charge < -0.3 is 4.74 Å². The van der Waals surface area contributed by atoms with Crippen LogP contribution in [-0.4, -0.2) is 12.2 Å². The maximum absolute atomic E-state index is 4.73. The SMILES string of the molecule is COC(=S)C=C(C)C. The lowest BCUT2D eigenvalue weighted by molar-refractivity contribution is 0.417. The Balaban J connectivity index is 3.70. The molecule has 0 radical (unpaired) electrons. The van der Waals surface area contributed by atoms with Gasteiger partial charge in [0.2, 0.25) is 0 Å². The zero-order valence-corrected chi connectivity index (χ0v) is 6.21. The van der Waals surface area contributed by atoms with E-state index in [2.05, 4.69) is 0 Å². The molecule has 0 aromatic rings. The zero-order chi connectivity index (χ0) is 6.57. The third kappa shape index (κ3) is 3.81. The Morgan fingerprint density at radius 2 is 2.00 bits per heavy atom. The normalized spacial score (nSPS) is 7.88.